The van der Waals surface area contributed by atoms with Gasteiger partial charge < -0.3 is 9.40 Å². The zero-order valence-corrected chi connectivity index (χ0v) is 13.9. The van der Waals surface area contributed by atoms with Crippen LogP contribution < -0.4 is 14.8 Å². The summed E-state index contributed by atoms with van der Waals surface area (Å²) in [5.74, 6) is -0.103. The van der Waals surface area contributed by atoms with E-state index in [0.29, 0.717) is 14.1 Å². The molecule has 0 radical (unpaired) electrons. The molecule has 1 aromatic carbocycles. The Hall–Kier alpha value is -2.70. The maximum atomic E-state index is 12.1. The van der Waals surface area contributed by atoms with Crippen molar-refractivity contribution >= 4 is 51.6 Å². The molecule has 0 fully saturated rings. The van der Waals surface area contributed by atoms with Gasteiger partial charge in [-0.15, -0.1) is 22.7 Å². The minimum Gasteiger partial charge on any atom is -0.464 e. The first-order valence-electron chi connectivity index (χ1n) is 7.17. The van der Waals surface area contributed by atoms with Crippen LogP contribution in [-0.4, -0.2) is 10.8 Å². The first-order chi connectivity index (χ1) is 11.7. The molecule has 0 spiro atoms. The average molecular weight is 353 g/mol. The molecular weight excluding hydrogens is 342 g/mol. The molecule has 0 amide bonds. The summed E-state index contributed by atoms with van der Waals surface area (Å²) in [7, 11) is 0. The molecule has 4 nitrogen and oxygen atoms in total. The molecule has 1 N–H and O–H groups in total. The Morgan fingerprint density at radius 2 is 2.12 bits per heavy atom. The number of furan rings is 1. The highest BCUT2D eigenvalue weighted by Crippen LogP contribution is 2.17. The van der Waals surface area contributed by atoms with Crippen LogP contribution in [-0.2, 0) is 0 Å². The summed E-state index contributed by atoms with van der Waals surface area (Å²) < 4.78 is 6.42. The molecule has 0 saturated heterocycles. The fourth-order valence-corrected chi connectivity index (χ4v) is 3.88. The summed E-state index contributed by atoms with van der Waals surface area (Å²) in [6.45, 7) is 0. The third-order valence-corrected chi connectivity index (χ3v) is 5.33. The van der Waals surface area contributed by atoms with Gasteiger partial charge in [-0.1, -0.05) is 12.1 Å². The van der Waals surface area contributed by atoms with E-state index in [9.17, 15) is 9.59 Å². The number of thiophene rings is 1. The molecule has 0 aliphatic carbocycles. The van der Waals surface area contributed by atoms with Gasteiger partial charge in [0.1, 0.15) is 5.58 Å². The molecule has 0 atom stereocenters. The fraction of sp³-hybridized carbons (Fsp3) is 0. The minimum atomic E-state index is -0.197. The van der Waals surface area contributed by atoms with E-state index < -0.39 is 0 Å². The normalized spacial score (nSPS) is 13.0. The molecule has 6 heteroatoms. The van der Waals surface area contributed by atoms with Crippen molar-refractivity contribution in [1.82, 2.24) is 4.98 Å². The molecule has 4 aromatic rings. The molecule has 0 bridgehead atoms. The van der Waals surface area contributed by atoms with E-state index in [0.717, 1.165) is 16.5 Å². The lowest BCUT2D eigenvalue weighted by Gasteiger charge is -1.91. The molecule has 0 aliphatic heterocycles. The molecular formula is C18H11NO3S2. The Bertz CT molecular complexity index is 1190. The number of carbonyl (C=O) groups excluding carboxylic acids is 1. The second-order valence-electron chi connectivity index (χ2n) is 5.13. The van der Waals surface area contributed by atoms with E-state index in [2.05, 4.69) is 4.98 Å². The van der Waals surface area contributed by atoms with Crippen LogP contribution in [0.4, 0.5) is 0 Å². The van der Waals surface area contributed by atoms with Crippen LogP contribution in [0.2, 0.25) is 0 Å². The number of fused-ring (bicyclic) bond motifs is 1. The number of hydrogen-bond acceptors (Lipinski definition) is 5. The maximum absolute atomic E-state index is 12.1. The van der Waals surface area contributed by atoms with Gasteiger partial charge in [-0.05, 0) is 41.3 Å². The summed E-state index contributed by atoms with van der Waals surface area (Å²) in [5, 5.41) is 2.83. The number of aromatic nitrogens is 1. The quantitative estimate of drug-likeness (QED) is 0.576. The number of nitrogens with one attached hydrogen (secondary N) is 1. The zero-order valence-electron chi connectivity index (χ0n) is 12.3. The van der Waals surface area contributed by atoms with Crippen molar-refractivity contribution in [2.75, 3.05) is 0 Å². The monoisotopic (exact) mass is 353 g/mol. The highest BCUT2D eigenvalue weighted by atomic mass is 32.1. The third-order valence-electron chi connectivity index (χ3n) is 3.48. The number of hydrogen-bond donors (Lipinski definition) is 1. The fourth-order valence-electron chi connectivity index (χ4n) is 2.36. The summed E-state index contributed by atoms with van der Waals surface area (Å²) in [6.07, 6.45) is 4.91. The maximum Gasteiger partial charge on any atom is 0.266 e. The van der Waals surface area contributed by atoms with E-state index in [4.69, 9.17) is 4.42 Å². The molecule has 3 heterocycles. The molecule has 0 saturated carbocycles. The van der Waals surface area contributed by atoms with Gasteiger partial charge in [0.25, 0.3) is 5.56 Å². The average Bonchev–Trinajstić information content (AvgIpc) is 3.29. The Balaban J connectivity index is 1.75. The molecule has 0 unspecified atom stereocenters. The highest BCUT2D eigenvalue weighted by Gasteiger charge is 2.04. The van der Waals surface area contributed by atoms with E-state index in [1.807, 2.05) is 41.8 Å². The lowest BCUT2D eigenvalue weighted by Crippen LogP contribution is -2.19. The standard InChI is InChI=1S/C18H11NO3S2/c20-13(15-2-1-7-23-15)10-17-19-18(21)16(24-17)9-11-3-4-14-12(8-11)5-6-22-14/h1-10H,(H,19,21)/b16-9-,17-10+. The first kappa shape index (κ1) is 14.9. The zero-order chi connectivity index (χ0) is 16.5. The van der Waals surface area contributed by atoms with Crippen molar-refractivity contribution in [2.45, 2.75) is 0 Å². The largest absolute Gasteiger partial charge is 0.464 e. The van der Waals surface area contributed by atoms with Gasteiger partial charge >= 0.3 is 0 Å². The number of benzene rings is 1. The number of carbonyl (C=O) groups is 1. The molecule has 24 heavy (non-hydrogen) atoms. The smallest absolute Gasteiger partial charge is 0.266 e. The number of rotatable bonds is 3. The Morgan fingerprint density at radius 1 is 1.21 bits per heavy atom. The molecule has 4 rings (SSSR count). The van der Waals surface area contributed by atoms with Gasteiger partial charge in [0.15, 0.2) is 5.78 Å². The van der Waals surface area contributed by atoms with Crippen molar-refractivity contribution in [3.05, 3.63) is 78.0 Å². The van der Waals surface area contributed by atoms with Crippen LogP contribution in [0, 0.1) is 0 Å². The minimum absolute atomic E-state index is 0.103. The highest BCUT2D eigenvalue weighted by molar-refractivity contribution is 7.12. The molecule has 118 valence electrons. The first-order valence-corrected chi connectivity index (χ1v) is 8.86. The number of aromatic amines is 1. The number of H-pyrrole nitrogens is 1. The summed E-state index contributed by atoms with van der Waals surface area (Å²) in [5.41, 5.74) is 1.52. The van der Waals surface area contributed by atoms with Crippen molar-refractivity contribution in [3.8, 4) is 0 Å². The van der Waals surface area contributed by atoms with Gasteiger partial charge in [-0.2, -0.15) is 0 Å². The van der Waals surface area contributed by atoms with Crippen LogP contribution in [0.1, 0.15) is 15.2 Å². The molecule has 3 aromatic heterocycles. The van der Waals surface area contributed by atoms with Crippen LogP contribution in [0.3, 0.4) is 0 Å². The van der Waals surface area contributed by atoms with E-state index >= 15 is 0 Å². The van der Waals surface area contributed by atoms with Gasteiger partial charge in [0.05, 0.1) is 20.3 Å². The number of Topliss-reactive ketones (excluding diaryl/α,β-unsaturated/α-hetero) is 1. The van der Waals surface area contributed by atoms with Crippen molar-refractivity contribution < 1.29 is 9.21 Å². The van der Waals surface area contributed by atoms with Gasteiger partial charge in [-0.25, -0.2) is 0 Å². The topological polar surface area (TPSA) is 63.1 Å². The Labute approximate surface area is 144 Å². The van der Waals surface area contributed by atoms with Crippen LogP contribution in [0.15, 0.2) is 57.3 Å². The van der Waals surface area contributed by atoms with E-state index in [1.54, 1.807) is 12.3 Å². The second-order valence-corrected chi connectivity index (χ2v) is 7.16. The lowest BCUT2D eigenvalue weighted by atomic mass is 10.1. The predicted octanol–water partition coefficient (Wildman–Crippen LogP) is 2.74. The molecule has 0 aliphatic rings. The van der Waals surface area contributed by atoms with Crippen LogP contribution in [0.5, 0.6) is 0 Å². The van der Waals surface area contributed by atoms with E-state index in [-0.39, 0.29) is 11.3 Å². The summed E-state index contributed by atoms with van der Waals surface area (Å²) in [6, 6.07) is 11.2. The number of thiazole rings is 1. The van der Waals surface area contributed by atoms with Gasteiger partial charge in [0.2, 0.25) is 0 Å². The Morgan fingerprint density at radius 3 is 2.96 bits per heavy atom. The Kier molecular flexibility index (Phi) is 3.76. The van der Waals surface area contributed by atoms with Crippen LogP contribution in [0.25, 0.3) is 23.1 Å². The number of ketones is 1. The summed E-state index contributed by atoms with van der Waals surface area (Å²) >= 11 is 2.65. The van der Waals surface area contributed by atoms with Crippen molar-refractivity contribution in [2.24, 2.45) is 0 Å². The van der Waals surface area contributed by atoms with Crippen molar-refractivity contribution in [1.29, 1.82) is 0 Å². The van der Waals surface area contributed by atoms with Gasteiger partial charge in [0, 0.05) is 11.5 Å². The third kappa shape index (κ3) is 2.89. The van der Waals surface area contributed by atoms with Gasteiger partial charge in [-0.3, -0.25) is 9.59 Å². The SMILES string of the molecule is O=C(/C=c1\[nH]c(=O)/c(=C/c2ccc3occc3c2)s1)c1cccs1. The predicted molar refractivity (Wildman–Crippen MR) is 97.1 cm³/mol. The second kappa shape index (κ2) is 6.07. The van der Waals surface area contributed by atoms with Crippen LogP contribution >= 0.6 is 22.7 Å². The van der Waals surface area contributed by atoms with E-state index in [1.165, 1.54) is 28.7 Å². The summed E-state index contributed by atoms with van der Waals surface area (Å²) in [4.78, 5) is 27.6. The van der Waals surface area contributed by atoms with Crippen molar-refractivity contribution in [3.63, 3.8) is 0 Å². The lowest BCUT2D eigenvalue weighted by molar-refractivity contribution is 0.106.